The van der Waals surface area contributed by atoms with Crippen molar-refractivity contribution in [2.75, 3.05) is 0 Å². The van der Waals surface area contributed by atoms with E-state index in [0.29, 0.717) is 0 Å². The molecule has 0 aliphatic carbocycles. The Bertz CT molecular complexity index is 553. The van der Waals surface area contributed by atoms with Crippen molar-refractivity contribution in [2.24, 2.45) is 0 Å². The molecule has 35 heavy (non-hydrogen) atoms. The van der Waals surface area contributed by atoms with Crippen LogP contribution in [0.15, 0.2) is 24.3 Å². The molecule has 4 nitrogen and oxygen atoms in total. The van der Waals surface area contributed by atoms with Crippen molar-refractivity contribution in [1.82, 2.24) is 0 Å². The summed E-state index contributed by atoms with van der Waals surface area (Å²) in [6.45, 7) is 15.7. The minimum Gasteiger partial charge on any atom is -0.550 e. The fourth-order valence-corrected chi connectivity index (χ4v) is 2.72. The molecule has 1 aromatic carbocycles. The molecule has 0 amide bonds. The van der Waals surface area contributed by atoms with Gasteiger partial charge < -0.3 is 19.8 Å². The second-order valence-corrected chi connectivity index (χ2v) is 8.40. The van der Waals surface area contributed by atoms with E-state index < -0.39 is 11.9 Å². The number of benzene rings is 1. The third-order valence-electron chi connectivity index (χ3n) is 4.89. The first-order chi connectivity index (χ1) is 16.3. The van der Waals surface area contributed by atoms with E-state index >= 15 is 0 Å². The van der Waals surface area contributed by atoms with Crippen LogP contribution in [0.2, 0.25) is 0 Å². The topological polar surface area (TPSA) is 80.3 Å². The van der Waals surface area contributed by atoms with Crippen molar-refractivity contribution in [1.29, 1.82) is 0 Å². The minimum absolute atomic E-state index is 0. The molecule has 0 atom stereocenters. The summed E-state index contributed by atoms with van der Waals surface area (Å²) >= 11 is 0. The van der Waals surface area contributed by atoms with E-state index in [1.165, 1.54) is 57.8 Å². The number of aryl methyl sites for hydroxylation is 1. The number of aromatic carboxylic acids is 1. The zero-order valence-electron chi connectivity index (χ0n) is 23.2. The van der Waals surface area contributed by atoms with Crippen molar-refractivity contribution in [3.63, 3.8) is 0 Å². The fraction of sp³-hybridized carbons (Fsp3) is 0.667. The predicted octanol–water partition coefficient (Wildman–Crippen LogP) is 6.52. The molecular formula is C30H52O4Sn. The van der Waals surface area contributed by atoms with Crippen molar-refractivity contribution < 1.29 is 19.8 Å². The van der Waals surface area contributed by atoms with Crippen LogP contribution in [0.4, 0.5) is 0 Å². The van der Waals surface area contributed by atoms with Gasteiger partial charge in [0.05, 0.1) is 5.97 Å². The number of carboxylic acid groups (broad SMARTS) is 2. The standard InChI is InChI=1S/C12H24O2.C10H12O2.2C4H9.Sn/c1-2-3-4-5-6-7-8-9-10-11-12(13)14;1-2-4-8-5-3-6-9(7-8)10(11)12;2*1-3-4-2;/h2-11H2,1H3,(H,13,14);3,5-7H,2,4H2,1H3,(H,11,12);2*1,3-4H2,2H3;/q;;;;+2/p-2. The first kappa shape index (κ1) is 41.1. The first-order valence-corrected chi connectivity index (χ1v) is 13.4. The van der Waals surface area contributed by atoms with Crippen LogP contribution in [0.3, 0.4) is 0 Å². The number of unbranched alkanes of at least 4 members (excludes halogenated alkanes) is 10. The Morgan fingerprint density at radius 1 is 0.714 bits per heavy atom. The second kappa shape index (κ2) is 35.1. The molecular weight excluding hydrogens is 543 g/mol. The van der Waals surface area contributed by atoms with Gasteiger partial charge in [-0.2, -0.15) is 0 Å². The van der Waals surface area contributed by atoms with Gasteiger partial charge in [0.15, 0.2) is 0 Å². The van der Waals surface area contributed by atoms with Gasteiger partial charge in [-0.3, -0.25) is 0 Å². The van der Waals surface area contributed by atoms with Crippen LogP contribution in [0.1, 0.15) is 140 Å². The number of aliphatic carboxylic acids is 1. The maximum absolute atomic E-state index is 10.4. The van der Waals surface area contributed by atoms with Gasteiger partial charge in [-0.1, -0.05) is 143 Å². The van der Waals surface area contributed by atoms with Gasteiger partial charge >= 0.3 is 23.9 Å². The third-order valence-corrected chi connectivity index (χ3v) is 4.89. The Hall–Kier alpha value is -1.04. The van der Waals surface area contributed by atoms with Crippen molar-refractivity contribution in [2.45, 2.75) is 130 Å². The van der Waals surface area contributed by atoms with Gasteiger partial charge in [0, 0.05) is 5.97 Å². The SMILES string of the molecule is CCCCCCCCCCCC(=O)[O-].CCCc1cccc(C(=O)[O-])c1.[CH2]CCC.[CH2]CCC.[Sn+2]. The minimum atomic E-state index is -1.10. The molecule has 0 N–H and O–H groups in total. The normalized spacial score (nSPS) is 9.20. The Morgan fingerprint density at radius 2 is 1.17 bits per heavy atom. The maximum Gasteiger partial charge on any atom is 2.00 e. The molecule has 5 heteroatoms. The molecule has 0 saturated carbocycles. The molecule has 0 unspecified atom stereocenters. The van der Waals surface area contributed by atoms with Crippen molar-refractivity contribution in [3.05, 3.63) is 49.2 Å². The average molecular weight is 595 g/mol. The number of hydrogen-bond acceptors (Lipinski definition) is 4. The maximum atomic E-state index is 10.4. The van der Waals surface area contributed by atoms with E-state index in [4.69, 9.17) is 0 Å². The summed E-state index contributed by atoms with van der Waals surface area (Å²) in [6.07, 6.45) is 17.7. The number of hydrogen-bond donors (Lipinski definition) is 0. The summed E-state index contributed by atoms with van der Waals surface area (Å²) < 4.78 is 0. The van der Waals surface area contributed by atoms with E-state index in [2.05, 4.69) is 41.5 Å². The van der Waals surface area contributed by atoms with Crippen LogP contribution >= 0.6 is 0 Å². The van der Waals surface area contributed by atoms with Gasteiger partial charge in [0.2, 0.25) is 0 Å². The molecule has 0 heterocycles. The first-order valence-electron chi connectivity index (χ1n) is 13.4. The Kier molecular flexibility index (Phi) is 41.2. The van der Waals surface area contributed by atoms with E-state index in [1.807, 2.05) is 6.07 Å². The summed E-state index contributed by atoms with van der Waals surface area (Å²) in [6, 6.07) is 6.89. The molecule has 0 aliphatic rings. The monoisotopic (exact) mass is 596 g/mol. The van der Waals surface area contributed by atoms with Crippen LogP contribution in [0, 0.1) is 13.8 Å². The van der Waals surface area contributed by atoms with Crippen LogP contribution < -0.4 is 10.2 Å². The summed E-state index contributed by atoms with van der Waals surface area (Å²) in [4.78, 5) is 20.5. The predicted molar refractivity (Wildman–Crippen MR) is 148 cm³/mol. The molecule has 1 aromatic rings. The zero-order valence-corrected chi connectivity index (χ0v) is 26.0. The Labute approximate surface area is 234 Å². The third kappa shape index (κ3) is 37.7. The van der Waals surface area contributed by atoms with Crippen LogP contribution in [0.5, 0.6) is 0 Å². The van der Waals surface area contributed by atoms with Crippen molar-refractivity contribution in [3.8, 4) is 0 Å². The average Bonchev–Trinajstić information content (AvgIpc) is 2.84. The summed E-state index contributed by atoms with van der Waals surface area (Å²) in [5.74, 6) is -2.01. The van der Waals surface area contributed by atoms with Crippen LogP contribution in [0.25, 0.3) is 0 Å². The molecule has 0 fully saturated rings. The fourth-order valence-electron chi connectivity index (χ4n) is 2.72. The van der Waals surface area contributed by atoms with Gasteiger partial charge in [-0.05, 0) is 36.5 Å². The van der Waals surface area contributed by atoms with Crippen molar-refractivity contribution >= 4 is 35.8 Å². The van der Waals surface area contributed by atoms with E-state index in [-0.39, 0.29) is 35.9 Å². The van der Waals surface area contributed by atoms with Gasteiger partial charge in [0.25, 0.3) is 0 Å². The van der Waals surface area contributed by atoms with Crippen LogP contribution in [-0.2, 0) is 11.2 Å². The number of rotatable bonds is 15. The quantitative estimate of drug-likeness (QED) is 0.171. The molecule has 0 aromatic heterocycles. The molecule has 0 spiro atoms. The number of carbonyl (C=O) groups is 2. The molecule has 200 valence electrons. The molecule has 0 bridgehead atoms. The molecule has 1 rings (SSSR count). The van der Waals surface area contributed by atoms with Gasteiger partial charge in [0.1, 0.15) is 0 Å². The Balaban J connectivity index is -0.000000207. The molecule has 4 radical (unpaired) electrons. The number of carbonyl (C=O) groups excluding carboxylic acids is 2. The summed E-state index contributed by atoms with van der Waals surface area (Å²) in [7, 11) is 0. The smallest absolute Gasteiger partial charge is 0.550 e. The number of carboxylic acids is 2. The van der Waals surface area contributed by atoms with E-state index in [1.54, 1.807) is 18.2 Å². The zero-order chi connectivity index (χ0) is 26.5. The Morgan fingerprint density at radius 3 is 1.54 bits per heavy atom. The summed E-state index contributed by atoms with van der Waals surface area (Å²) in [5, 5.41) is 20.5. The van der Waals surface area contributed by atoms with E-state index in [9.17, 15) is 19.8 Å². The second-order valence-electron chi connectivity index (χ2n) is 8.40. The molecule has 0 aliphatic heterocycles. The molecule has 0 saturated heterocycles. The van der Waals surface area contributed by atoms with Gasteiger partial charge in [-0.15, -0.1) is 0 Å². The van der Waals surface area contributed by atoms with Crippen LogP contribution in [-0.4, -0.2) is 35.8 Å². The van der Waals surface area contributed by atoms with Gasteiger partial charge in [-0.25, -0.2) is 0 Å². The largest absolute Gasteiger partial charge is 2.00 e. The van der Waals surface area contributed by atoms with E-state index in [0.717, 1.165) is 44.1 Å². The summed E-state index contributed by atoms with van der Waals surface area (Å²) in [5.41, 5.74) is 1.32.